The minimum atomic E-state index is -4.67. The highest BCUT2D eigenvalue weighted by Gasteiger charge is 2.50. The van der Waals surface area contributed by atoms with Crippen LogP contribution in [-0.2, 0) is 20.2 Å². The summed E-state index contributed by atoms with van der Waals surface area (Å²) < 4.78 is 57.3. The first kappa shape index (κ1) is 22.9. The Balaban J connectivity index is 0.000000431. The summed E-state index contributed by atoms with van der Waals surface area (Å²) in [7, 11) is -7.88. The minimum absolute atomic E-state index is 0.143. The van der Waals surface area contributed by atoms with Gasteiger partial charge in [-0.2, -0.15) is 8.42 Å². The van der Waals surface area contributed by atoms with Gasteiger partial charge in [0.2, 0.25) is 0 Å². The first-order chi connectivity index (χ1) is 13.4. The Bertz CT molecular complexity index is 914. The molecule has 0 saturated heterocycles. The first-order valence-electron chi connectivity index (χ1n) is 9.66. The predicted octanol–water partition coefficient (Wildman–Crippen LogP) is 4.00. The number of benzene rings is 1. The van der Waals surface area contributed by atoms with Crippen LogP contribution >= 0.6 is 15.9 Å². The monoisotopic (exact) mass is 507 g/mol. The molecule has 7 nitrogen and oxygen atoms in total. The molecule has 0 aliphatic heterocycles. The van der Waals surface area contributed by atoms with Gasteiger partial charge in [0.05, 0.1) is 16.2 Å². The van der Waals surface area contributed by atoms with Gasteiger partial charge in [0, 0.05) is 10.7 Å². The van der Waals surface area contributed by atoms with Crippen molar-refractivity contribution in [3.8, 4) is 0 Å². The highest BCUT2D eigenvalue weighted by atomic mass is 79.9. The van der Waals surface area contributed by atoms with E-state index in [1.165, 1.54) is 38.5 Å². The number of aliphatic imine (C=N–C) groups is 1. The van der Waals surface area contributed by atoms with Crippen LogP contribution < -0.4 is 0 Å². The molecule has 29 heavy (non-hydrogen) atoms. The van der Waals surface area contributed by atoms with E-state index < -0.39 is 20.2 Å². The van der Waals surface area contributed by atoms with Crippen LogP contribution in [0.5, 0.6) is 0 Å². The third kappa shape index (κ3) is 6.58. The van der Waals surface area contributed by atoms with Crippen molar-refractivity contribution in [2.24, 2.45) is 22.7 Å². The van der Waals surface area contributed by atoms with Crippen molar-refractivity contribution >= 4 is 42.4 Å². The van der Waals surface area contributed by atoms with Crippen LogP contribution in [-0.4, -0.2) is 43.4 Å². The van der Waals surface area contributed by atoms with Crippen LogP contribution in [0.3, 0.4) is 0 Å². The summed E-state index contributed by atoms with van der Waals surface area (Å²) in [5.41, 5.74) is 0.149. The van der Waals surface area contributed by atoms with Gasteiger partial charge in [-0.3, -0.25) is 14.1 Å². The van der Waals surface area contributed by atoms with Gasteiger partial charge < -0.3 is 0 Å². The second-order valence-electron chi connectivity index (χ2n) is 8.46. The molecule has 1 aromatic carbocycles. The smallest absolute Gasteiger partial charge is 0.291 e. The Kier molecular flexibility index (Phi) is 6.89. The fourth-order valence-corrected chi connectivity index (χ4v) is 6.92. The van der Waals surface area contributed by atoms with E-state index in [-0.39, 0.29) is 11.3 Å². The molecule has 0 spiro atoms. The van der Waals surface area contributed by atoms with Crippen molar-refractivity contribution in [2.45, 2.75) is 55.4 Å². The molecule has 0 aromatic heterocycles. The summed E-state index contributed by atoms with van der Waals surface area (Å²) in [6.45, 7) is 0. The van der Waals surface area contributed by atoms with Gasteiger partial charge in [0.25, 0.3) is 0 Å². The van der Waals surface area contributed by atoms with E-state index in [4.69, 9.17) is 22.5 Å². The highest BCUT2D eigenvalue weighted by Crippen LogP contribution is 2.57. The highest BCUT2D eigenvalue weighted by molar-refractivity contribution is 9.10. The lowest BCUT2D eigenvalue weighted by Crippen LogP contribution is -2.49. The van der Waals surface area contributed by atoms with Gasteiger partial charge in [-0.1, -0.05) is 15.9 Å². The normalized spacial score (nSPS) is 30.9. The Morgan fingerprint density at radius 2 is 1.41 bits per heavy atom. The van der Waals surface area contributed by atoms with E-state index in [0.29, 0.717) is 11.3 Å². The second-order valence-corrected chi connectivity index (χ2v) is 12.4. The van der Waals surface area contributed by atoms with E-state index in [2.05, 4.69) is 15.9 Å². The van der Waals surface area contributed by atoms with Gasteiger partial charge in [-0.05, 0) is 87.0 Å². The Labute approximate surface area is 180 Å². The maximum Gasteiger partial charge on any atom is 0.394 e. The minimum Gasteiger partial charge on any atom is -0.291 e. The molecule has 1 aromatic rings. The lowest BCUT2D eigenvalue weighted by atomic mass is 9.53. The van der Waals surface area contributed by atoms with E-state index >= 15 is 0 Å². The largest absolute Gasteiger partial charge is 0.394 e. The fourth-order valence-electron chi connectivity index (χ4n) is 5.45. The topological polar surface area (TPSA) is 121 Å². The van der Waals surface area contributed by atoms with Gasteiger partial charge in [-0.15, -0.1) is 0 Å². The van der Waals surface area contributed by atoms with Crippen LogP contribution in [0.1, 0.15) is 44.9 Å². The molecule has 0 amide bonds. The van der Waals surface area contributed by atoms with Crippen LogP contribution in [0.15, 0.2) is 38.6 Å². The molecule has 4 aliphatic carbocycles. The standard InChI is InChI=1S/C19H24BrNO2S.H2O4S/c20-17-2-4-18(5-3-17)24(22,23)7-1-6-21-19-11-14-8-15(12-19)10-16(9-14)13-19;1-5(2,3)4/h2-6,14-16H,1,7-13H2;(H2,1,2,3,4). The van der Waals surface area contributed by atoms with Crippen molar-refractivity contribution in [1.82, 2.24) is 0 Å². The zero-order valence-electron chi connectivity index (χ0n) is 15.9. The lowest BCUT2D eigenvalue weighted by molar-refractivity contribution is 0.00185. The summed E-state index contributed by atoms with van der Waals surface area (Å²) in [6.07, 6.45) is 10.3. The molecule has 5 rings (SSSR count). The molecular weight excluding hydrogens is 482 g/mol. The maximum atomic E-state index is 12.4. The van der Waals surface area contributed by atoms with Gasteiger partial charge in [-0.25, -0.2) is 8.42 Å². The van der Waals surface area contributed by atoms with Crippen molar-refractivity contribution in [1.29, 1.82) is 0 Å². The van der Waals surface area contributed by atoms with Gasteiger partial charge in [0.15, 0.2) is 9.84 Å². The van der Waals surface area contributed by atoms with Crippen molar-refractivity contribution in [3.05, 3.63) is 28.7 Å². The Morgan fingerprint density at radius 3 is 1.86 bits per heavy atom. The molecule has 4 saturated carbocycles. The zero-order chi connectivity index (χ0) is 21.3. The van der Waals surface area contributed by atoms with Gasteiger partial charge in [0.1, 0.15) is 0 Å². The molecule has 4 aliphatic rings. The third-order valence-corrected chi connectivity index (χ3v) is 8.35. The first-order valence-corrected chi connectivity index (χ1v) is 13.5. The second kappa shape index (κ2) is 8.74. The van der Waals surface area contributed by atoms with Crippen LogP contribution in [0, 0.1) is 17.8 Å². The molecular formula is C19H26BrNO6S2. The molecule has 162 valence electrons. The summed E-state index contributed by atoms with van der Waals surface area (Å²) in [5.74, 6) is 2.77. The maximum absolute atomic E-state index is 12.4. The summed E-state index contributed by atoms with van der Waals surface area (Å²) >= 11 is 3.34. The number of hydrogen-bond donors (Lipinski definition) is 2. The molecule has 2 N–H and O–H groups in total. The molecule has 4 bridgehead atoms. The average Bonchev–Trinajstić information content (AvgIpc) is 2.56. The molecule has 0 unspecified atom stereocenters. The van der Waals surface area contributed by atoms with E-state index in [1.54, 1.807) is 24.3 Å². The van der Waals surface area contributed by atoms with Crippen molar-refractivity contribution in [3.63, 3.8) is 0 Å². The molecule has 0 atom stereocenters. The number of sulfone groups is 1. The number of rotatable bonds is 5. The van der Waals surface area contributed by atoms with Crippen LogP contribution in [0.25, 0.3) is 0 Å². The zero-order valence-corrected chi connectivity index (χ0v) is 19.2. The predicted molar refractivity (Wildman–Crippen MR) is 114 cm³/mol. The summed E-state index contributed by atoms with van der Waals surface area (Å²) in [6, 6.07) is 6.87. The van der Waals surface area contributed by atoms with E-state index in [0.717, 1.165) is 22.2 Å². The van der Waals surface area contributed by atoms with Crippen LogP contribution in [0.4, 0.5) is 0 Å². The molecule has 4 fully saturated rings. The van der Waals surface area contributed by atoms with E-state index in [1.807, 2.05) is 6.21 Å². The summed E-state index contributed by atoms with van der Waals surface area (Å²) in [5, 5.41) is 0. The van der Waals surface area contributed by atoms with E-state index in [9.17, 15) is 8.42 Å². The van der Waals surface area contributed by atoms with Crippen molar-refractivity contribution in [2.75, 3.05) is 5.75 Å². The third-order valence-electron chi connectivity index (χ3n) is 6.06. The SMILES string of the molecule is O=S(=O)(CCC=NC12CC3CC(CC(C3)C1)C2)c1ccc(Br)cc1.O=S(=O)(O)O. The fraction of sp³-hybridized carbons (Fsp3) is 0.632. The molecule has 0 radical (unpaired) electrons. The quantitative estimate of drug-likeness (QED) is 0.458. The van der Waals surface area contributed by atoms with Crippen molar-refractivity contribution < 1.29 is 25.9 Å². The number of nitrogens with zero attached hydrogens (tertiary/aromatic N) is 1. The average molecular weight is 508 g/mol. The molecule has 10 heteroatoms. The van der Waals surface area contributed by atoms with Gasteiger partial charge >= 0.3 is 10.4 Å². The number of halogens is 1. The number of hydrogen-bond acceptors (Lipinski definition) is 5. The Hall–Kier alpha value is -0.810. The van der Waals surface area contributed by atoms with Crippen LogP contribution in [0.2, 0.25) is 0 Å². The lowest BCUT2D eigenvalue weighted by Gasteiger charge is -2.55. The Morgan fingerprint density at radius 1 is 0.966 bits per heavy atom. The summed E-state index contributed by atoms with van der Waals surface area (Å²) in [4.78, 5) is 5.33. The molecule has 0 heterocycles.